The van der Waals surface area contributed by atoms with Crippen LogP contribution in [0.25, 0.3) is 11.0 Å². The van der Waals surface area contributed by atoms with Gasteiger partial charge < -0.3 is 38.3 Å². The van der Waals surface area contributed by atoms with Gasteiger partial charge in [0.25, 0.3) is 0 Å². The van der Waals surface area contributed by atoms with Gasteiger partial charge in [-0.15, -0.1) is 11.8 Å². The van der Waals surface area contributed by atoms with Crippen LogP contribution in [0.4, 0.5) is 0 Å². The van der Waals surface area contributed by atoms with Crippen molar-refractivity contribution in [3.63, 3.8) is 0 Å². The van der Waals surface area contributed by atoms with Crippen LogP contribution in [0.2, 0.25) is 0 Å². The molecule has 3 fully saturated rings. The Morgan fingerprint density at radius 2 is 1.88 bits per heavy atom. The van der Waals surface area contributed by atoms with E-state index in [2.05, 4.69) is 35.0 Å². The van der Waals surface area contributed by atoms with Crippen LogP contribution in [0.15, 0.2) is 34.7 Å². The molecule has 0 saturated carbocycles. The van der Waals surface area contributed by atoms with Crippen molar-refractivity contribution in [1.82, 2.24) is 15.1 Å². The number of carbonyl (C=O) groups is 2. The molecule has 3 saturated heterocycles. The maximum Gasteiger partial charge on any atom is 0.335 e. The number of rotatable bonds is 3. The summed E-state index contributed by atoms with van der Waals surface area (Å²) >= 11 is 1.56. The van der Waals surface area contributed by atoms with Crippen molar-refractivity contribution in [2.24, 2.45) is 0 Å². The van der Waals surface area contributed by atoms with Crippen molar-refractivity contribution < 1.29 is 47.9 Å². The number of aromatic hydroxyl groups is 1. The number of benzene rings is 3. The highest BCUT2D eigenvalue weighted by atomic mass is 32.2. The largest absolute Gasteiger partial charge is 0.504 e. The van der Waals surface area contributed by atoms with Crippen molar-refractivity contribution in [2.75, 3.05) is 39.4 Å². The standard InChI is InChI=1S/C43H45N3O10S/c1-19-11-25-28(33(49)34(19)51-6)31-32-38-30-29(37-36(53-18-54-37)20(2)35(30)55-21(3)48)26(46(32)41(4)15-42(25,5)45(31)16-41)14-52-40(50)43(17-57-38)39-24(12-22(13-47)44-43)23-9-7-8-10-27(23)56-39/h7-11,22,26,31-32,38,44,47,49H,12-18H2,1-6H3/t22-,26-,31-,32+,38+,41?,42?,43+/m0/s1. The lowest BCUT2D eigenvalue weighted by Crippen LogP contribution is -2.66. The molecule has 14 heteroatoms. The van der Waals surface area contributed by atoms with Gasteiger partial charge in [-0.3, -0.25) is 19.9 Å². The van der Waals surface area contributed by atoms with Gasteiger partial charge in [-0.25, -0.2) is 4.79 Å². The van der Waals surface area contributed by atoms with E-state index in [9.17, 15) is 15.0 Å². The first kappa shape index (κ1) is 35.7. The van der Waals surface area contributed by atoms with Crippen LogP contribution in [0.3, 0.4) is 0 Å². The zero-order valence-corrected chi connectivity index (χ0v) is 33.5. The van der Waals surface area contributed by atoms with Crippen LogP contribution < -0.4 is 24.3 Å². The molecule has 1 spiro atoms. The Morgan fingerprint density at radius 3 is 2.65 bits per heavy atom. The van der Waals surface area contributed by atoms with E-state index >= 15 is 4.79 Å². The van der Waals surface area contributed by atoms with Gasteiger partial charge >= 0.3 is 11.9 Å². The molecule has 13 nitrogen and oxygen atoms in total. The number of thioether (sulfide) groups is 1. The third kappa shape index (κ3) is 4.40. The maximum atomic E-state index is 15.0. The summed E-state index contributed by atoms with van der Waals surface area (Å²) in [6.07, 6.45) is 1.22. The molecule has 12 rings (SSSR count). The summed E-state index contributed by atoms with van der Waals surface area (Å²) < 4.78 is 37.7. The third-order valence-corrected chi connectivity index (χ3v) is 15.5. The second kappa shape index (κ2) is 11.8. The Labute approximate surface area is 333 Å². The molecule has 3 aromatic carbocycles. The molecule has 8 atom stereocenters. The van der Waals surface area contributed by atoms with Gasteiger partial charge in [0, 0.05) is 75.6 Å². The summed E-state index contributed by atoms with van der Waals surface area (Å²) in [5.41, 5.74) is 4.21. The maximum absolute atomic E-state index is 15.0. The number of carbonyl (C=O) groups excluding carboxylic acids is 2. The summed E-state index contributed by atoms with van der Waals surface area (Å²) in [7, 11) is 1.59. The van der Waals surface area contributed by atoms with Crippen molar-refractivity contribution in [3.05, 3.63) is 75.0 Å². The summed E-state index contributed by atoms with van der Waals surface area (Å²) in [5, 5.41) is 26.9. The first-order valence-electron chi connectivity index (χ1n) is 19.6. The minimum atomic E-state index is -1.47. The van der Waals surface area contributed by atoms with E-state index in [4.69, 9.17) is 28.1 Å². The predicted molar refractivity (Wildman–Crippen MR) is 208 cm³/mol. The molecule has 0 radical (unpaired) electrons. The van der Waals surface area contributed by atoms with Crippen LogP contribution in [0.1, 0.15) is 89.2 Å². The highest BCUT2D eigenvalue weighted by molar-refractivity contribution is 7.99. The Morgan fingerprint density at radius 1 is 1.09 bits per heavy atom. The monoisotopic (exact) mass is 795 g/mol. The first-order valence-corrected chi connectivity index (χ1v) is 20.7. The van der Waals surface area contributed by atoms with Gasteiger partial charge in [-0.2, -0.15) is 0 Å². The number of para-hydroxylation sites is 1. The van der Waals surface area contributed by atoms with Crippen molar-refractivity contribution in [1.29, 1.82) is 0 Å². The third-order valence-electron chi connectivity index (χ3n) is 14.0. The van der Waals surface area contributed by atoms with Crippen LogP contribution >= 0.6 is 11.8 Å². The van der Waals surface area contributed by atoms with Gasteiger partial charge in [-0.1, -0.05) is 18.2 Å². The molecular formula is C43H45N3O10S. The second-order valence-corrected chi connectivity index (χ2v) is 18.4. The molecule has 0 aliphatic carbocycles. The number of phenolic OH excluding ortho intramolecular Hbond substituents is 1. The van der Waals surface area contributed by atoms with E-state index in [0.29, 0.717) is 52.9 Å². The molecule has 298 valence electrons. The van der Waals surface area contributed by atoms with E-state index in [-0.39, 0.29) is 43.6 Å². The number of methoxy groups -OCH3 is 1. The van der Waals surface area contributed by atoms with Crippen LogP contribution in [-0.4, -0.2) is 89.0 Å². The minimum Gasteiger partial charge on any atom is -0.504 e. The Kier molecular flexibility index (Phi) is 7.39. The lowest BCUT2D eigenvalue weighted by atomic mass is 9.72. The number of phenols is 1. The molecule has 57 heavy (non-hydrogen) atoms. The topological polar surface area (TPSA) is 152 Å². The number of aryl methyl sites for hydroxylation is 1. The Bertz CT molecular complexity index is 2470. The van der Waals surface area contributed by atoms with Gasteiger partial charge in [0.05, 0.1) is 31.1 Å². The fraction of sp³-hybridized carbons (Fsp3) is 0.488. The van der Waals surface area contributed by atoms with E-state index in [1.807, 2.05) is 38.1 Å². The molecule has 4 bridgehead atoms. The van der Waals surface area contributed by atoms with Gasteiger partial charge in [0.1, 0.15) is 23.7 Å². The molecule has 1 aromatic heterocycles. The molecular weight excluding hydrogens is 751 g/mol. The highest BCUT2D eigenvalue weighted by Crippen LogP contribution is 2.71. The molecule has 9 heterocycles. The van der Waals surface area contributed by atoms with E-state index < -0.39 is 45.9 Å². The molecule has 4 aromatic rings. The summed E-state index contributed by atoms with van der Waals surface area (Å²) in [5.74, 6) is 1.73. The number of esters is 2. The smallest absolute Gasteiger partial charge is 0.335 e. The normalized spacial score (nSPS) is 33.2. The molecule has 3 N–H and O–H groups in total. The molecule has 0 amide bonds. The fourth-order valence-electron chi connectivity index (χ4n) is 12.1. The lowest BCUT2D eigenvalue weighted by Gasteiger charge is -2.60. The van der Waals surface area contributed by atoms with Crippen molar-refractivity contribution in [2.45, 2.75) is 93.5 Å². The number of fused-ring (bicyclic) bond motifs is 11. The number of nitrogens with zero attached hydrogens (tertiary/aromatic N) is 2. The summed E-state index contributed by atoms with van der Waals surface area (Å²) in [6, 6.07) is 8.24. The fourth-order valence-corrected chi connectivity index (χ4v) is 13.8. The lowest BCUT2D eigenvalue weighted by molar-refractivity contribution is -0.159. The summed E-state index contributed by atoms with van der Waals surface area (Å²) in [6.45, 7) is 10.2. The van der Waals surface area contributed by atoms with Crippen LogP contribution in [0.5, 0.6) is 28.7 Å². The van der Waals surface area contributed by atoms with Gasteiger partial charge in [0.15, 0.2) is 28.5 Å². The SMILES string of the molecule is COc1c(C)cc2c(c1O)[C@H]1[C@@H]3[C@@H]4SC[C@]5(N[C@H](CO)Cc6c5oc5ccccc65)C(=O)OC[C@@H](c5c6c(c(C)c(OC(C)=O)c54)OCO6)N3C3(C)CN1C2(C)C3. The number of aliphatic hydroxyl groups excluding tert-OH is 1. The number of furan rings is 1. The second-order valence-electron chi connectivity index (χ2n) is 17.3. The Hall–Kier alpha value is -4.47. The highest BCUT2D eigenvalue weighted by Gasteiger charge is 2.71. The van der Waals surface area contributed by atoms with E-state index in [0.717, 1.165) is 45.2 Å². The number of hydrogen-bond acceptors (Lipinski definition) is 14. The van der Waals surface area contributed by atoms with Gasteiger partial charge in [0.2, 0.25) is 6.79 Å². The molecule has 2 unspecified atom stereocenters. The van der Waals surface area contributed by atoms with Crippen LogP contribution in [0, 0.1) is 13.8 Å². The number of aliphatic hydroxyl groups is 1. The van der Waals surface area contributed by atoms with Crippen LogP contribution in [-0.2, 0) is 31.8 Å². The zero-order chi connectivity index (χ0) is 39.5. The average molecular weight is 796 g/mol. The molecule has 8 aliphatic rings. The molecule has 8 aliphatic heterocycles. The first-order chi connectivity index (χ1) is 27.3. The quantitative estimate of drug-likeness (QED) is 0.181. The summed E-state index contributed by atoms with van der Waals surface area (Å²) in [4.78, 5) is 33.2. The van der Waals surface area contributed by atoms with Crippen molar-refractivity contribution >= 4 is 34.7 Å². The average Bonchev–Trinajstić information content (AvgIpc) is 3.93. The predicted octanol–water partition coefficient (Wildman–Crippen LogP) is 5.32. The van der Waals surface area contributed by atoms with Crippen molar-refractivity contribution in [3.8, 4) is 28.7 Å². The number of nitrogens with one attached hydrogen (secondary N) is 1. The zero-order valence-electron chi connectivity index (χ0n) is 32.7. The van der Waals surface area contributed by atoms with Gasteiger partial charge in [-0.05, 0) is 63.8 Å². The van der Waals surface area contributed by atoms with E-state index in [1.165, 1.54) is 6.92 Å². The number of ether oxygens (including phenoxy) is 5. The number of piperazine rings is 1. The Balaban J connectivity index is 1.19. The van der Waals surface area contributed by atoms with E-state index in [1.54, 1.807) is 18.9 Å². The number of hydrogen-bond donors (Lipinski definition) is 3. The minimum absolute atomic E-state index is 0.00354.